The van der Waals surface area contributed by atoms with Crippen molar-refractivity contribution in [1.29, 1.82) is 0 Å². The zero-order chi connectivity index (χ0) is 15.5. The highest BCUT2D eigenvalue weighted by molar-refractivity contribution is 6.27. The second-order valence-electron chi connectivity index (χ2n) is 5.16. The molecule has 2 aromatic rings. The number of alkyl halides is 1. The molecule has 1 aromatic heterocycles. The van der Waals surface area contributed by atoms with Crippen molar-refractivity contribution in [3.05, 3.63) is 41.8 Å². The molecule has 114 valence electrons. The van der Waals surface area contributed by atoms with E-state index in [1.165, 1.54) is 5.57 Å². The molecule has 22 heavy (non-hydrogen) atoms. The van der Waals surface area contributed by atoms with Crippen LogP contribution in [0, 0.1) is 6.92 Å². The van der Waals surface area contributed by atoms with Gasteiger partial charge in [-0.15, -0.1) is 21.8 Å². The van der Waals surface area contributed by atoms with Crippen LogP contribution in [0.25, 0.3) is 17.0 Å². The van der Waals surface area contributed by atoms with E-state index < -0.39 is 0 Å². The van der Waals surface area contributed by atoms with Gasteiger partial charge in [0.05, 0.1) is 0 Å². The number of amides is 1. The average Bonchev–Trinajstić information content (AvgIpc) is 3.01. The molecular formula is C16H16ClN3O2. The van der Waals surface area contributed by atoms with Gasteiger partial charge in [0.1, 0.15) is 5.88 Å². The maximum Gasteiger partial charge on any atom is 0.247 e. The van der Waals surface area contributed by atoms with Crippen LogP contribution in [-0.4, -0.2) is 40.0 Å². The van der Waals surface area contributed by atoms with Gasteiger partial charge in [-0.05, 0) is 29.7 Å². The maximum absolute atomic E-state index is 11.6. The number of aromatic nitrogens is 2. The quantitative estimate of drug-likeness (QED) is 0.817. The maximum atomic E-state index is 11.6. The van der Waals surface area contributed by atoms with Gasteiger partial charge in [-0.1, -0.05) is 18.2 Å². The second-order valence-corrected chi connectivity index (χ2v) is 5.42. The number of aryl methyl sites for hydroxylation is 1. The molecule has 1 aliphatic rings. The predicted molar refractivity (Wildman–Crippen MR) is 84.4 cm³/mol. The Morgan fingerprint density at radius 3 is 2.55 bits per heavy atom. The van der Waals surface area contributed by atoms with Gasteiger partial charge >= 0.3 is 0 Å². The predicted octanol–water partition coefficient (Wildman–Crippen LogP) is 2.90. The lowest BCUT2D eigenvalue weighted by Crippen LogP contribution is -2.35. The van der Waals surface area contributed by atoms with E-state index in [4.69, 9.17) is 16.0 Å². The highest BCUT2D eigenvalue weighted by Gasteiger charge is 2.17. The summed E-state index contributed by atoms with van der Waals surface area (Å²) in [6.45, 7) is 3.10. The van der Waals surface area contributed by atoms with Gasteiger partial charge in [-0.3, -0.25) is 4.79 Å². The summed E-state index contributed by atoms with van der Waals surface area (Å²) in [6, 6.07) is 8.03. The second kappa shape index (κ2) is 6.32. The lowest BCUT2D eigenvalue weighted by Gasteiger charge is -2.26. The monoisotopic (exact) mass is 317 g/mol. The first-order valence-electron chi connectivity index (χ1n) is 7.11. The Hall–Kier alpha value is -2.14. The Labute approximate surface area is 133 Å². The van der Waals surface area contributed by atoms with Crippen LogP contribution >= 0.6 is 11.6 Å². The van der Waals surface area contributed by atoms with Crippen LogP contribution in [0.5, 0.6) is 0 Å². The zero-order valence-electron chi connectivity index (χ0n) is 12.3. The fourth-order valence-corrected chi connectivity index (χ4v) is 2.65. The smallest absolute Gasteiger partial charge is 0.247 e. The Balaban J connectivity index is 1.74. The first-order chi connectivity index (χ1) is 10.7. The van der Waals surface area contributed by atoms with Gasteiger partial charge in [-0.2, -0.15) is 0 Å². The van der Waals surface area contributed by atoms with E-state index in [1.54, 1.807) is 11.8 Å². The van der Waals surface area contributed by atoms with E-state index in [9.17, 15) is 4.79 Å². The highest BCUT2D eigenvalue weighted by atomic mass is 35.5. The number of hydrogen-bond acceptors (Lipinski definition) is 4. The van der Waals surface area contributed by atoms with Crippen LogP contribution in [0.1, 0.15) is 17.9 Å². The summed E-state index contributed by atoms with van der Waals surface area (Å²) in [5.41, 5.74) is 3.30. The third kappa shape index (κ3) is 3.04. The van der Waals surface area contributed by atoms with Crippen molar-refractivity contribution in [2.75, 3.05) is 19.0 Å². The lowest BCUT2D eigenvalue weighted by atomic mass is 9.98. The SMILES string of the molecule is Cc1nnc(-c2ccc(C3=CCN(C(=O)CCl)CC3)cc2)o1. The minimum atomic E-state index is -0.0147. The molecule has 0 unspecified atom stereocenters. The lowest BCUT2D eigenvalue weighted by molar-refractivity contribution is -0.128. The summed E-state index contributed by atoms with van der Waals surface area (Å²) < 4.78 is 5.41. The van der Waals surface area contributed by atoms with Crippen LogP contribution in [0.2, 0.25) is 0 Å². The van der Waals surface area contributed by atoms with Crippen molar-refractivity contribution in [1.82, 2.24) is 15.1 Å². The molecule has 1 aromatic carbocycles. The molecule has 1 amide bonds. The molecule has 0 N–H and O–H groups in total. The van der Waals surface area contributed by atoms with Gasteiger partial charge < -0.3 is 9.32 Å². The molecular weight excluding hydrogens is 302 g/mol. The largest absolute Gasteiger partial charge is 0.421 e. The first-order valence-corrected chi connectivity index (χ1v) is 7.64. The third-order valence-electron chi connectivity index (χ3n) is 3.70. The van der Waals surface area contributed by atoms with Crippen LogP contribution in [0.3, 0.4) is 0 Å². The number of rotatable bonds is 3. The summed E-state index contributed by atoms with van der Waals surface area (Å²) >= 11 is 5.58. The Morgan fingerprint density at radius 1 is 1.27 bits per heavy atom. The van der Waals surface area contributed by atoms with Gasteiger partial charge in [-0.25, -0.2) is 0 Å². The van der Waals surface area contributed by atoms with Crippen molar-refractivity contribution >= 4 is 23.1 Å². The summed E-state index contributed by atoms with van der Waals surface area (Å²) in [4.78, 5) is 13.3. The highest BCUT2D eigenvalue weighted by Crippen LogP contribution is 2.25. The molecule has 1 aliphatic heterocycles. The minimum Gasteiger partial charge on any atom is -0.421 e. The summed E-state index contributed by atoms with van der Waals surface area (Å²) in [5.74, 6) is 1.11. The van der Waals surface area contributed by atoms with Crippen LogP contribution in [-0.2, 0) is 4.79 Å². The van der Waals surface area contributed by atoms with E-state index in [0.29, 0.717) is 24.9 Å². The zero-order valence-corrected chi connectivity index (χ0v) is 13.0. The van der Waals surface area contributed by atoms with Gasteiger partial charge in [0.15, 0.2) is 0 Å². The Kier molecular flexibility index (Phi) is 4.24. The van der Waals surface area contributed by atoms with E-state index in [2.05, 4.69) is 16.3 Å². The van der Waals surface area contributed by atoms with Crippen LogP contribution in [0.15, 0.2) is 34.8 Å². The van der Waals surface area contributed by atoms with Crippen molar-refractivity contribution in [2.45, 2.75) is 13.3 Å². The molecule has 0 radical (unpaired) electrons. The standard InChI is InChI=1S/C16H16ClN3O2/c1-11-18-19-16(22-11)14-4-2-12(3-5-14)13-6-8-20(9-7-13)15(21)10-17/h2-6H,7-10H2,1H3. The van der Waals surface area contributed by atoms with Gasteiger partial charge in [0.2, 0.25) is 17.7 Å². The van der Waals surface area contributed by atoms with E-state index in [-0.39, 0.29) is 11.8 Å². The molecule has 2 heterocycles. The number of carbonyl (C=O) groups excluding carboxylic acids is 1. The fraction of sp³-hybridized carbons (Fsp3) is 0.312. The van der Waals surface area contributed by atoms with E-state index in [0.717, 1.165) is 17.5 Å². The molecule has 0 atom stereocenters. The first kappa shape index (κ1) is 14.8. The van der Waals surface area contributed by atoms with Crippen molar-refractivity contribution in [2.24, 2.45) is 0 Å². The average molecular weight is 318 g/mol. The van der Waals surface area contributed by atoms with Gasteiger partial charge in [0, 0.05) is 25.6 Å². The molecule has 0 saturated heterocycles. The van der Waals surface area contributed by atoms with E-state index >= 15 is 0 Å². The third-order valence-corrected chi connectivity index (χ3v) is 3.93. The molecule has 0 aliphatic carbocycles. The van der Waals surface area contributed by atoms with Crippen molar-refractivity contribution < 1.29 is 9.21 Å². The summed E-state index contributed by atoms with van der Waals surface area (Å²) in [6.07, 6.45) is 2.92. The minimum absolute atomic E-state index is 0.0147. The molecule has 0 bridgehead atoms. The van der Waals surface area contributed by atoms with E-state index in [1.807, 2.05) is 24.3 Å². The molecule has 0 fully saturated rings. The number of nitrogens with zero attached hydrogens (tertiary/aromatic N) is 3. The number of carbonyl (C=O) groups is 1. The van der Waals surface area contributed by atoms with Crippen molar-refractivity contribution in [3.63, 3.8) is 0 Å². The summed E-state index contributed by atoms with van der Waals surface area (Å²) in [5, 5.41) is 7.84. The molecule has 0 spiro atoms. The Morgan fingerprint density at radius 2 is 2.00 bits per heavy atom. The summed E-state index contributed by atoms with van der Waals surface area (Å²) in [7, 11) is 0. The number of halogens is 1. The van der Waals surface area contributed by atoms with Crippen molar-refractivity contribution in [3.8, 4) is 11.5 Å². The molecule has 0 saturated carbocycles. The van der Waals surface area contributed by atoms with Gasteiger partial charge in [0.25, 0.3) is 0 Å². The molecule has 5 nitrogen and oxygen atoms in total. The molecule has 6 heteroatoms. The number of benzene rings is 1. The topological polar surface area (TPSA) is 59.2 Å². The van der Waals surface area contributed by atoms with Crippen LogP contribution < -0.4 is 0 Å². The fourth-order valence-electron chi connectivity index (χ4n) is 2.48. The number of hydrogen-bond donors (Lipinski definition) is 0. The molecule has 3 rings (SSSR count). The Bertz CT molecular complexity index is 706. The normalized spacial score (nSPS) is 14.8. The van der Waals surface area contributed by atoms with Crippen LogP contribution in [0.4, 0.5) is 0 Å².